The van der Waals surface area contributed by atoms with E-state index < -0.39 is 0 Å². The van der Waals surface area contributed by atoms with Gasteiger partial charge in [0.25, 0.3) is 0 Å². The van der Waals surface area contributed by atoms with Crippen molar-refractivity contribution in [1.29, 1.82) is 0 Å². The van der Waals surface area contributed by atoms with E-state index in [9.17, 15) is 0 Å². The van der Waals surface area contributed by atoms with Gasteiger partial charge in [-0.3, -0.25) is 0 Å². The summed E-state index contributed by atoms with van der Waals surface area (Å²) in [5.74, 6) is 4.98. The van der Waals surface area contributed by atoms with E-state index in [1.807, 2.05) is 19.1 Å². The van der Waals surface area contributed by atoms with E-state index in [2.05, 4.69) is 10.9 Å². The van der Waals surface area contributed by atoms with Crippen molar-refractivity contribution in [3.05, 3.63) is 35.6 Å². The van der Waals surface area contributed by atoms with Gasteiger partial charge >= 0.3 is 0 Å². The maximum Gasteiger partial charge on any atom is 0.134 e. The Hall–Kier alpha value is -1.32. The molecular formula is C11H13NO2. The Morgan fingerprint density at radius 1 is 1.43 bits per heavy atom. The highest BCUT2D eigenvalue weighted by molar-refractivity contribution is 5.81. The first-order valence-corrected chi connectivity index (χ1v) is 4.59. The maximum atomic E-state index is 5.35. The van der Waals surface area contributed by atoms with Crippen molar-refractivity contribution in [2.24, 2.45) is 5.90 Å². The van der Waals surface area contributed by atoms with Crippen LogP contribution in [0.3, 0.4) is 0 Å². The number of rotatable bonds is 3. The van der Waals surface area contributed by atoms with Gasteiger partial charge in [0.15, 0.2) is 0 Å². The molecule has 0 amide bonds. The number of fused-ring (bicyclic) bond motifs is 1. The van der Waals surface area contributed by atoms with E-state index in [-0.39, 0.29) is 0 Å². The molecule has 74 valence electrons. The zero-order valence-corrected chi connectivity index (χ0v) is 8.12. The van der Waals surface area contributed by atoms with E-state index in [0.717, 1.165) is 17.6 Å². The third kappa shape index (κ3) is 1.64. The maximum absolute atomic E-state index is 5.35. The van der Waals surface area contributed by atoms with E-state index in [0.29, 0.717) is 6.61 Å². The van der Waals surface area contributed by atoms with Crippen molar-refractivity contribution < 1.29 is 9.25 Å². The molecule has 2 N–H and O–H groups in total. The highest BCUT2D eigenvalue weighted by Gasteiger charge is 2.02. The molecule has 0 bridgehead atoms. The molecule has 14 heavy (non-hydrogen) atoms. The summed E-state index contributed by atoms with van der Waals surface area (Å²) < 4.78 is 5.35. The molecule has 1 aromatic heterocycles. The average Bonchev–Trinajstić information content (AvgIpc) is 2.57. The van der Waals surface area contributed by atoms with E-state index in [1.165, 1.54) is 10.9 Å². The van der Waals surface area contributed by atoms with Crippen molar-refractivity contribution in [3.8, 4) is 0 Å². The molecule has 0 aliphatic carbocycles. The van der Waals surface area contributed by atoms with E-state index in [4.69, 9.17) is 10.3 Å². The number of furan rings is 1. The number of nitrogens with two attached hydrogens (primary N) is 1. The third-order valence-electron chi connectivity index (χ3n) is 2.34. The van der Waals surface area contributed by atoms with Crippen LogP contribution in [0.1, 0.15) is 11.1 Å². The lowest BCUT2D eigenvalue weighted by atomic mass is 10.1. The highest BCUT2D eigenvalue weighted by Crippen LogP contribution is 2.21. The predicted octanol–water partition coefficient (Wildman–Crippen LogP) is 2.17. The molecule has 0 spiro atoms. The number of hydrogen-bond donors (Lipinski definition) is 1. The van der Waals surface area contributed by atoms with Crippen LogP contribution in [-0.2, 0) is 11.3 Å². The van der Waals surface area contributed by atoms with Gasteiger partial charge in [-0.15, -0.1) is 0 Å². The predicted molar refractivity (Wildman–Crippen MR) is 54.8 cm³/mol. The lowest BCUT2D eigenvalue weighted by Crippen LogP contribution is -2.03. The summed E-state index contributed by atoms with van der Waals surface area (Å²) in [5.41, 5.74) is 3.31. The van der Waals surface area contributed by atoms with Crippen molar-refractivity contribution in [3.63, 3.8) is 0 Å². The largest absolute Gasteiger partial charge is 0.464 e. The van der Waals surface area contributed by atoms with Crippen LogP contribution in [0.15, 0.2) is 28.9 Å². The van der Waals surface area contributed by atoms with Crippen LogP contribution in [0.2, 0.25) is 0 Å². The van der Waals surface area contributed by atoms with Gasteiger partial charge in [-0.1, -0.05) is 6.07 Å². The first kappa shape index (κ1) is 9.24. The van der Waals surface area contributed by atoms with Crippen molar-refractivity contribution >= 4 is 11.0 Å². The minimum Gasteiger partial charge on any atom is -0.464 e. The van der Waals surface area contributed by atoms with Gasteiger partial charge in [0.2, 0.25) is 0 Å². The smallest absolute Gasteiger partial charge is 0.134 e. The topological polar surface area (TPSA) is 48.4 Å². The molecule has 0 unspecified atom stereocenters. The Morgan fingerprint density at radius 3 is 3.07 bits per heavy atom. The Labute approximate surface area is 82.4 Å². The molecular weight excluding hydrogens is 178 g/mol. The normalized spacial score (nSPS) is 11.0. The fourth-order valence-electron chi connectivity index (χ4n) is 1.54. The highest BCUT2D eigenvalue weighted by atomic mass is 16.6. The number of aryl methyl sites for hydroxylation is 1. The molecule has 0 fully saturated rings. The first-order valence-electron chi connectivity index (χ1n) is 4.59. The van der Waals surface area contributed by atoms with Crippen molar-refractivity contribution in [1.82, 2.24) is 0 Å². The van der Waals surface area contributed by atoms with Gasteiger partial charge in [-0.25, -0.2) is 5.90 Å². The van der Waals surface area contributed by atoms with Gasteiger partial charge in [-0.2, -0.15) is 0 Å². The zero-order valence-electron chi connectivity index (χ0n) is 8.12. The summed E-state index contributed by atoms with van der Waals surface area (Å²) in [7, 11) is 0. The molecule has 2 rings (SSSR count). The molecule has 3 nitrogen and oxygen atoms in total. The second-order valence-corrected chi connectivity index (χ2v) is 3.37. The minimum atomic E-state index is 0.544. The van der Waals surface area contributed by atoms with Crippen molar-refractivity contribution in [2.45, 2.75) is 13.3 Å². The van der Waals surface area contributed by atoms with Crippen LogP contribution in [0.4, 0.5) is 0 Å². The van der Waals surface area contributed by atoms with Crippen LogP contribution < -0.4 is 5.90 Å². The van der Waals surface area contributed by atoms with Crippen LogP contribution in [0.5, 0.6) is 0 Å². The molecule has 1 aromatic carbocycles. The Kier molecular flexibility index (Phi) is 2.52. The van der Waals surface area contributed by atoms with E-state index >= 15 is 0 Å². The molecule has 0 aliphatic rings. The summed E-state index contributed by atoms with van der Waals surface area (Å²) in [6.07, 6.45) is 2.60. The third-order valence-corrected chi connectivity index (χ3v) is 2.34. The summed E-state index contributed by atoms with van der Waals surface area (Å²) in [4.78, 5) is 4.55. The summed E-state index contributed by atoms with van der Waals surface area (Å²) in [5, 5.41) is 1.17. The second-order valence-electron chi connectivity index (χ2n) is 3.37. The first-order chi connectivity index (χ1) is 6.81. The molecule has 1 heterocycles. The molecule has 0 saturated carbocycles. The van der Waals surface area contributed by atoms with Gasteiger partial charge in [-0.05, 0) is 36.6 Å². The summed E-state index contributed by atoms with van der Waals surface area (Å²) >= 11 is 0. The number of benzene rings is 1. The summed E-state index contributed by atoms with van der Waals surface area (Å²) in [6, 6.07) is 6.13. The van der Waals surface area contributed by atoms with Gasteiger partial charge in [0, 0.05) is 5.39 Å². The van der Waals surface area contributed by atoms with E-state index in [1.54, 1.807) is 6.26 Å². The lowest BCUT2D eigenvalue weighted by molar-refractivity contribution is 0.141. The fourth-order valence-corrected chi connectivity index (χ4v) is 1.54. The monoisotopic (exact) mass is 191 g/mol. The number of hydrogen-bond acceptors (Lipinski definition) is 3. The lowest BCUT2D eigenvalue weighted by Gasteiger charge is -1.99. The summed E-state index contributed by atoms with van der Waals surface area (Å²) in [6.45, 7) is 2.58. The molecule has 0 atom stereocenters. The van der Waals surface area contributed by atoms with Crippen molar-refractivity contribution in [2.75, 3.05) is 6.61 Å². The standard InChI is InChI=1S/C11H13NO2/c1-8-7-13-11-3-2-9(4-5-14-12)6-10(8)11/h2-3,6-7H,4-5,12H2,1H3. The van der Waals surface area contributed by atoms with Crippen LogP contribution in [0, 0.1) is 6.92 Å². The SMILES string of the molecule is Cc1coc2ccc(CCON)cc12. The molecule has 0 saturated heterocycles. The molecule has 0 radical (unpaired) electrons. The molecule has 0 aliphatic heterocycles. The quantitative estimate of drug-likeness (QED) is 0.756. The van der Waals surface area contributed by atoms with Crippen LogP contribution >= 0.6 is 0 Å². The zero-order chi connectivity index (χ0) is 9.97. The minimum absolute atomic E-state index is 0.544. The fraction of sp³-hybridized carbons (Fsp3) is 0.273. The molecule has 3 heteroatoms. The van der Waals surface area contributed by atoms with Crippen LogP contribution in [0.25, 0.3) is 11.0 Å². The Balaban J connectivity index is 2.34. The molecule has 2 aromatic rings. The van der Waals surface area contributed by atoms with Gasteiger partial charge in [0.05, 0.1) is 12.9 Å². The Bertz CT molecular complexity index is 434. The van der Waals surface area contributed by atoms with Gasteiger partial charge in [0.1, 0.15) is 5.58 Å². The average molecular weight is 191 g/mol. The second kappa shape index (κ2) is 3.82. The Morgan fingerprint density at radius 2 is 2.29 bits per heavy atom. The van der Waals surface area contributed by atoms with Crippen LogP contribution in [-0.4, -0.2) is 6.61 Å². The van der Waals surface area contributed by atoms with Gasteiger partial charge < -0.3 is 9.25 Å².